The molecule has 11 heteroatoms. The molecule has 0 bridgehead atoms. The number of benzene rings is 1. The van der Waals surface area contributed by atoms with Gasteiger partial charge in [-0.3, -0.25) is 20.2 Å². The van der Waals surface area contributed by atoms with Gasteiger partial charge in [0.25, 0.3) is 5.69 Å². The van der Waals surface area contributed by atoms with Gasteiger partial charge in [-0.1, -0.05) is 23.5 Å². The molecule has 0 atom stereocenters. The number of carbonyl (C=O) groups is 1. The summed E-state index contributed by atoms with van der Waals surface area (Å²) in [5, 5.41) is 17.5. The Hall–Kier alpha value is -2.82. The first-order valence-electron chi connectivity index (χ1n) is 5.90. The van der Waals surface area contributed by atoms with E-state index in [-0.39, 0.29) is 27.7 Å². The van der Waals surface area contributed by atoms with Crippen LogP contribution in [0.1, 0.15) is 10.6 Å². The van der Waals surface area contributed by atoms with Crippen LogP contribution in [0.2, 0.25) is 0 Å². The van der Waals surface area contributed by atoms with E-state index in [1.54, 1.807) is 6.07 Å². The highest BCUT2D eigenvalue weighted by molar-refractivity contribution is 7.15. The molecule has 0 aliphatic heterocycles. The second-order valence-electron chi connectivity index (χ2n) is 4.05. The highest BCUT2D eigenvalue weighted by Gasteiger charge is 2.35. The van der Waals surface area contributed by atoms with E-state index in [4.69, 9.17) is 0 Å². The number of hydrogen-bond donors (Lipinski definition) is 1. The topological polar surface area (TPSA) is 98.0 Å². The molecule has 2 rings (SSSR count). The number of nitro groups is 1. The van der Waals surface area contributed by atoms with Gasteiger partial charge in [0.1, 0.15) is 0 Å². The van der Waals surface area contributed by atoms with Crippen molar-refractivity contribution in [3.05, 3.63) is 51.0 Å². The van der Waals surface area contributed by atoms with Gasteiger partial charge in [0.05, 0.1) is 10.5 Å². The number of nitro benzene ring substituents is 1. The summed E-state index contributed by atoms with van der Waals surface area (Å²) < 4.78 is 37.0. The summed E-state index contributed by atoms with van der Waals surface area (Å²) in [6.45, 7) is 0. The number of hydrogen-bond acceptors (Lipinski definition) is 6. The highest BCUT2D eigenvalue weighted by Crippen LogP contribution is 2.32. The largest absolute Gasteiger partial charge is 0.445 e. The molecule has 2 aromatic rings. The maximum atomic E-state index is 12.3. The van der Waals surface area contributed by atoms with Crippen LogP contribution in [-0.4, -0.2) is 21.0 Å². The third kappa shape index (κ3) is 4.32. The van der Waals surface area contributed by atoms with Crippen molar-refractivity contribution in [1.29, 1.82) is 0 Å². The lowest BCUT2D eigenvalue weighted by atomic mass is 10.1. The second-order valence-corrected chi connectivity index (χ2v) is 5.03. The molecule has 0 aliphatic carbocycles. The smallest absolute Gasteiger partial charge is 0.297 e. The zero-order valence-electron chi connectivity index (χ0n) is 11.1. The van der Waals surface area contributed by atoms with Crippen molar-refractivity contribution in [2.75, 3.05) is 5.32 Å². The predicted octanol–water partition coefficient (Wildman–Crippen LogP) is 3.12. The minimum absolute atomic E-state index is 0.177. The molecule has 0 spiro atoms. The Kier molecular flexibility index (Phi) is 4.69. The molecule has 1 aromatic heterocycles. The van der Waals surface area contributed by atoms with Crippen molar-refractivity contribution < 1.29 is 22.9 Å². The number of rotatable bonds is 4. The second kappa shape index (κ2) is 6.52. The van der Waals surface area contributed by atoms with E-state index in [9.17, 15) is 28.1 Å². The molecule has 120 valence electrons. The van der Waals surface area contributed by atoms with Crippen LogP contribution in [0.25, 0.3) is 6.08 Å². The molecule has 23 heavy (non-hydrogen) atoms. The Labute approximate surface area is 130 Å². The van der Waals surface area contributed by atoms with Crippen molar-refractivity contribution in [3.8, 4) is 0 Å². The van der Waals surface area contributed by atoms with Crippen molar-refractivity contribution in [3.63, 3.8) is 0 Å². The number of nitrogens with zero attached hydrogens (tertiary/aromatic N) is 3. The summed E-state index contributed by atoms with van der Waals surface area (Å²) in [4.78, 5) is 21.8. The minimum atomic E-state index is -4.64. The van der Waals surface area contributed by atoms with Crippen LogP contribution >= 0.6 is 11.3 Å². The third-order valence-electron chi connectivity index (χ3n) is 2.45. The maximum Gasteiger partial charge on any atom is 0.445 e. The average molecular weight is 344 g/mol. The lowest BCUT2D eigenvalue weighted by Crippen LogP contribution is -2.07. The monoisotopic (exact) mass is 344 g/mol. The molecular weight excluding hydrogens is 337 g/mol. The summed E-state index contributed by atoms with van der Waals surface area (Å²) in [5.41, 5.74) is -0.0206. The molecule has 0 saturated heterocycles. The van der Waals surface area contributed by atoms with Crippen LogP contribution < -0.4 is 5.32 Å². The summed E-state index contributed by atoms with van der Waals surface area (Å²) in [5.74, 6) is -0.784. The first kappa shape index (κ1) is 16.5. The van der Waals surface area contributed by atoms with Gasteiger partial charge in [0.2, 0.25) is 16.0 Å². The van der Waals surface area contributed by atoms with E-state index in [0.29, 0.717) is 0 Å². The standard InChI is InChI=1S/C12H7F3N4O3S/c13-12(14,15)10-17-18-11(23-10)16-9(20)6-5-7-3-1-2-4-8(7)19(21)22/h1-6H,(H,16,18,20). The fraction of sp³-hybridized carbons (Fsp3) is 0.0833. The van der Waals surface area contributed by atoms with Gasteiger partial charge in [-0.25, -0.2) is 0 Å². The average Bonchev–Trinajstić information content (AvgIpc) is 2.94. The zero-order chi connectivity index (χ0) is 17.0. The number of aromatic nitrogens is 2. The quantitative estimate of drug-likeness (QED) is 0.522. The molecule has 1 heterocycles. The fourth-order valence-electron chi connectivity index (χ4n) is 1.50. The van der Waals surface area contributed by atoms with Crippen LogP contribution in [0, 0.1) is 10.1 Å². The van der Waals surface area contributed by atoms with E-state index in [2.05, 4.69) is 15.5 Å². The molecule has 0 unspecified atom stereocenters. The number of anilines is 1. The Morgan fingerprint density at radius 2 is 2.00 bits per heavy atom. The molecule has 1 aromatic carbocycles. The highest BCUT2D eigenvalue weighted by atomic mass is 32.1. The van der Waals surface area contributed by atoms with Gasteiger partial charge < -0.3 is 0 Å². The van der Waals surface area contributed by atoms with Gasteiger partial charge in [-0.15, -0.1) is 10.2 Å². The maximum absolute atomic E-state index is 12.3. The van der Waals surface area contributed by atoms with Gasteiger partial charge in [-0.2, -0.15) is 13.2 Å². The number of carbonyl (C=O) groups excluding carboxylic acids is 1. The Bertz CT molecular complexity index is 773. The Morgan fingerprint density at radius 3 is 2.61 bits per heavy atom. The molecule has 0 fully saturated rings. The minimum Gasteiger partial charge on any atom is -0.297 e. The van der Waals surface area contributed by atoms with Crippen molar-refractivity contribution in [1.82, 2.24) is 10.2 Å². The number of para-hydroxylation sites is 1. The lowest BCUT2D eigenvalue weighted by Gasteiger charge is -1.98. The van der Waals surface area contributed by atoms with E-state index >= 15 is 0 Å². The van der Waals surface area contributed by atoms with Crippen LogP contribution in [0.5, 0.6) is 0 Å². The Morgan fingerprint density at radius 1 is 1.30 bits per heavy atom. The lowest BCUT2D eigenvalue weighted by molar-refractivity contribution is -0.385. The van der Waals surface area contributed by atoms with Crippen LogP contribution in [0.15, 0.2) is 30.3 Å². The molecular formula is C12H7F3N4O3S. The number of alkyl halides is 3. The molecule has 0 radical (unpaired) electrons. The Balaban J connectivity index is 2.08. The van der Waals surface area contributed by atoms with Gasteiger partial charge in [0, 0.05) is 12.1 Å². The predicted molar refractivity (Wildman–Crippen MR) is 75.7 cm³/mol. The van der Waals surface area contributed by atoms with E-state index < -0.39 is 22.0 Å². The summed E-state index contributed by atoms with van der Waals surface area (Å²) >= 11 is 0.177. The van der Waals surface area contributed by atoms with Gasteiger partial charge in [-0.05, 0) is 12.1 Å². The number of amides is 1. The molecule has 1 N–H and O–H groups in total. The zero-order valence-corrected chi connectivity index (χ0v) is 11.9. The van der Waals surface area contributed by atoms with Crippen molar-refractivity contribution in [2.24, 2.45) is 0 Å². The third-order valence-corrected chi connectivity index (χ3v) is 3.33. The van der Waals surface area contributed by atoms with Gasteiger partial charge in [0.15, 0.2) is 0 Å². The fourth-order valence-corrected chi connectivity index (χ4v) is 2.11. The SMILES string of the molecule is O=C(C=Cc1ccccc1[N+](=O)[O-])Nc1nnc(C(F)(F)F)s1. The molecule has 7 nitrogen and oxygen atoms in total. The summed E-state index contributed by atoms with van der Waals surface area (Å²) in [6, 6.07) is 5.70. The van der Waals surface area contributed by atoms with Gasteiger partial charge >= 0.3 is 6.18 Å². The number of halogens is 3. The molecule has 1 amide bonds. The first-order valence-corrected chi connectivity index (χ1v) is 6.72. The van der Waals surface area contributed by atoms with Crippen molar-refractivity contribution in [2.45, 2.75) is 6.18 Å². The van der Waals surface area contributed by atoms with Crippen LogP contribution in [0.3, 0.4) is 0 Å². The molecule has 0 aliphatic rings. The molecule has 0 saturated carbocycles. The van der Waals surface area contributed by atoms with E-state index in [1.807, 2.05) is 0 Å². The summed E-state index contributed by atoms with van der Waals surface area (Å²) in [6.07, 6.45) is -2.50. The van der Waals surface area contributed by atoms with E-state index in [0.717, 1.165) is 6.08 Å². The van der Waals surface area contributed by atoms with Crippen molar-refractivity contribution >= 4 is 34.1 Å². The number of nitrogens with one attached hydrogen (secondary N) is 1. The summed E-state index contributed by atoms with van der Waals surface area (Å²) in [7, 11) is 0. The first-order chi connectivity index (χ1) is 10.8. The van der Waals surface area contributed by atoms with Crippen LogP contribution in [-0.2, 0) is 11.0 Å². The van der Waals surface area contributed by atoms with Crippen LogP contribution in [0.4, 0.5) is 24.0 Å². The normalized spacial score (nSPS) is 11.6. The van der Waals surface area contributed by atoms with E-state index in [1.165, 1.54) is 24.3 Å².